The Hall–Kier alpha value is -1.97. The first kappa shape index (κ1) is 18.4. The van der Waals surface area contributed by atoms with Crippen molar-refractivity contribution >= 4 is 27.5 Å². The molecule has 3 N–H and O–H groups in total. The molecule has 9 heteroatoms. The summed E-state index contributed by atoms with van der Waals surface area (Å²) in [5, 5.41) is 7.48. The van der Waals surface area contributed by atoms with Crippen LogP contribution in [0.4, 0.5) is 5.69 Å². The fourth-order valence-electron chi connectivity index (χ4n) is 2.62. The molecule has 0 spiro atoms. The van der Waals surface area contributed by atoms with Crippen molar-refractivity contribution in [2.45, 2.75) is 23.8 Å². The van der Waals surface area contributed by atoms with Crippen molar-refractivity contribution in [3.63, 3.8) is 0 Å². The summed E-state index contributed by atoms with van der Waals surface area (Å²) >= 11 is 0. The predicted octanol–water partition coefficient (Wildman–Crippen LogP) is -0.175. The minimum absolute atomic E-state index is 0.0456. The Labute approximate surface area is 141 Å². The van der Waals surface area contributed by atoms with Crippen molar-refractivity contribution in [2.24, 2.45) is 5.14 Å². The van der Waals surface area contributed by atoms with Gasteiger partial charge in [0.2, 0.25) is 10.0 Å². The van der Waals surface area contributed by atoms with Crippen molar-refractivity contribution in [3.8, 4) is 0 Å². The van der Waals surface area contributed by atoms with Crippen molar-refractivity contribution in [1.29, 1.82) is 0 Å². The first-order valence-electron chi connectivity index (χ1n) is 7.58. The fraction of sp³-hybridized carbons (Fsp3) is 0.467. The lowest BCUT2D eigenvalue weighted by Gasteiger charge is -2.34. The van der Waals surface area contributed by atoms with E-state index in [0.717, 1.165) is 25.9 Å². The van der Waals surface area contributed by atoms with Gasteiger partial charge in [0.25, 0.3) is 0 Å². The number of likely N-dealkylation sites (N-methyl/N-ethyl adjacent to an activating group) is 1. The van der Waals surface area contributed by atoms with Gasteiger partial charge in [-0.2, -0.15) is 0 Å². The third-order valence-corrected chi connectivity index (χ3v) is 5.12. The van der Waals surface area contributed by atoms with E-state index in [1.54, 1.807) is 7.05 Å². The number of primary sulfonamides is 1. The summed E-state index contributed by atoms with van der Waals surface area (Å²) in [6.45, 7) is 1.78. The Bertz CT molecular complexity index is 709. The molecule has 1 aromatic rings. The SMILES string of the molecule is CN1CCC(N(C)C(=O)C(=O)Nc2ccc(S(N)(=O)=O)cc2)CC1. The maximum atomic E-state index is 12.2. The van der Waals surface area contributed by atoms with Gasteiger partial charge >= 0.3 is 11.8 Å². The average Bonchev–Trinajstić information content (AvgIpc) is 2.54. The normalized spacial score (nSPS) is 16.6. The number of piperidine rings is 1. The van der Waals surface area contributed by atoms with Crippen LogP contribution in [-0.4, -0.2) is 63.3 Å². The van der Waals surface area contributed by atoms with Crippen LogP contribution in [0.2, 0.25) is 0 Å². The van der Waals surface area contributed by atoms with Crippen molar-refractivity contribution < 1.29 is 18.0 Å². The lowest BCUT2D eigenvalue weighted by atomic mass is 10.0. The van der Waals surface area contributed by atoms with Gasteiger partial charge in [0.05, 0.1) is 4.90 Å². The molecule has 1 aromatic carbocycles. The highest BCUT2D eigenvalue weighted by Gasteiger charge is 2.27. The summed E-state index contributed by atoms with van der Waals surface area (Å²) in [5.74, 6) is -1.36. The molecule has 0 bridgehead atoms. The van der Waals surface area contributed by atoms with Crippen LogP contribution in [0.15, 0.2) is 29.2 Å². The second-order valence-corrected chi connectivity index (χ2v) is 7.54. The quantitative estimate of drug-likeness (QED) is 0.732. The van der Waals surface area contributed by atoms with E-state index in [2.05, 4.69) is 10.2 Å². The minimum Gasteiger partial charge on any atom is -0.334 e. The van der Waals surface area contributed by atoms with Gasteiger partial charge in [0.1, 0.15) is 0 Å². The smallest absolute Gasteiger partial charge is 0.313 e. The summed E-state index contributed by atoms with van der Waals surface area (Å²) in [6, 6.07) is 5.37. The van der Waals surface area contributed by atoms with Crippen LogP contribution in [-0.2, 0) is 19.6 Å². The Morgan fingerprint density at radius 3 is 2.25 bits per heavy atom. The van der Waals surface area contributed by atoms with Crippen LogP contribution in [0.25, 0.3) is 0 Å². The predicted molar refractivity (Wildman–Crippen MR) is 89.7 cm³/mol. The fourth-order valence-corrected chi connectivity index (χ4v) is 3.14. The molecule has 1 fully saturated rings. The molecule has 2 rings (SSSR count). The standard InChI is InChI=1S/C15H22N4O4S/c1-18-9-7-12(8-10-18)19(2)15(21)14(20)17-11-3-5-13(6-4-11)24(16,22)23/h3-6,12H,7-10H2,1-2H3,(H,17,20)(H2,16,22,23). The average molecular weight is 354 g/mol. The Kier molecular flexibility index (Phi) is 5.58. The zero-order valence-electron chi connectivity index (χ0n) is 13.7. The molecule has 1 aliphatic rings. The Morgan fingerprint density at radius 2 is 1.75 bits per heavy atom. The lowest BCUT2D eigenvalue weighted by Crippen LogP contribution is -2.47. The van der Waals surface area contributed by atoms with Gasteiger partial charge in [-0.1, -0.05) is 0 Å². The topological polar surface area (TPSA) is 113 Å². The number of hydrogen-bond donors (Lipinski definition) is 2. The minimum atomic E-state index is -3.79. The molecule has 0 saturated carbocycles. The molecular formula is C15H22N4O4S. The van der Waals surface area contributed by atoms with Crippen LogP contribution in [0.3, 0.4) is 0 Å². The van der Waals surface area contributed by atoms with Gasteiger partial charge < -0.3 is 15.1 Å². The number of carbonyl (C=O) groups excluding carboxylic acids is 2. The molecule has 24 heavy (non-hydrogen) atoms. The maximum absolute atomic E-state index is 12.2. The molecule has 1 aliphatic heterocycles. The van der Waals surface area contributed by atoms with Gasteiger partial charge in [0, 0.05) is 18.8 Å². The summed E-state index contributed by atoms with van der Waals surface area (Å²) in [5.41, 5.74) is 0.331. The van der Waals surface area contributed by atoms with Crippen LogP contribution in [0, 0.1) is 0 Å². The molecular weight excluding hydrogens is 332 g/mol. The van der Waals surface area contributed by atoms with E-state index in [-0.39, 0.29) is 10.9 Å². The highest BCUT2D eigenvalue weighted by molar-refractivity contribution is 7.89. The maximum Gasteiger partial charge on any atom is 0.313 e. The first-order chi connectivity index (χ1) is 11.2. The lowest BCUT2D eigenvalue weighted by molar-refractivity contribution is -0.144. The van der Waals surface area contributed by atoms with Gasteiger partial charge in [0.15, 0.2) is 0 Å². The number of nitrogens with zero attached hydrogens (tertiary/aromatic N) is 2. The van der Waals surface area contributed by atoms with E-state index in [4.69, 9.17) is 5.14 Å². The van der Waals surface area contributed by atoms with Gasteiger partial charge in [-0.05, 0) is 57.2 Å². The third-order valence-electron chi connectivity index (χ3n) is 4.19. The van der Waals surface area contributed by atoms with Crippen molar-refractivity contribution in [2.75, 3.05) is 32.5 Å². The summed E-state index contributed by atoms with van der Waals surface area (Å²) in [4.78, 5) is 27.9. The van der Waals surface area contributed by atoms with Crippen LogP contribution in [0.1, 0.15) is 12.8 Å². The van der Waals surface area contributed by atoms with Crippen LogP contribution in [0.5, 0.6) is 0 Å². The summed E-state index contributed by atoms with van der Waals surface area (Å²) < 4.78 is 22.4. The monoisotopic (exact) mass is 354 g/mol. The van der Waals surface area contributed by atoms with Gasteiger partial charge in [-0.25, -0.2) is 13.6 Å². The van der Waals surface area contributed by atoms with E-state index in [1.807, 2.05) is 7.05 Å². The number of sulfonamides is 1. The number of hydrogen-bond acceptors (Lipinski definition) is 5. The molecule has 1 saturated heterocycles. The number of anilines is 1. The molecule has 8 nitrogen and oxygen atoms in total. The van der Waals surface area contributed by atoms with Gasteiger partial charge in [-0.15, -0.1) is 0 Å². The zero-order valence-corrected chi connectivity index (χ0v) is 14.5. The molecule has 132 valence electrons. The number of carbonyl (C=O) groups is 2. The van der Waals surface area contributed by atoms with Crippen molar-refractivity contribution in [3.05, 3.63) is 24.3 Å². The molecule has 0 atom stereocenters. The van der Waals surface area contributed by atoms with E-state index in [9.17, 15) is 18.0 Å². The summed E-state index contributed by atoms with van der Waals surface area (Å²) in [6.07, 6.45) is 1.66. The van der Waals surface area contributed by atoms with E-state index >= 15 is 0 Å². The Morgan fingerprint density at radius 1 is 1.21 bits per heavy atom. The van der Waals surface area contributed by atoms with Crippen LogP contribution >= 0.6 is 0 Å². The Balaban J connectivity index is 1.97. The van der Waals surface area contributed by atoms with Crippen LogP contribution < -0.4 is 10.5 Å². The molecule has 0 unspecified atom stereocenters. The molecule has 1 heterocycles. The second-order valence-electron chi connectivity index (χ2n) is 5.97. The number of nitrogens with two attached hydrogens (primary N) is 1. The molecule has 0 aliphatic carbocycles. The third kappa shape index (κ3) is 4.53. The number of nitrogens with one attached hydrogen (secondary N) is 1. The molecule has 2 amide bonds. The van der Waals surface area contributed by atoms with E-state index < -0.39 is 21.8 Å². The highest BCUT2D eigenvalue weighted by Crippen LogP contribution is 2.16. The van der Waals surface area contributed by atoms with Crippen molar-refractivity contribution in [1.82, 2.24) is 9.80 Å². The number of benzene rings is 1. The van der Waals surface area contributed by atoms with Gasteiger partial charge in [-0.3, -0.25) is 9.59 Å². The highest BCUT2D eigenvalue weighted by atomic mass is 32.2. The number of amides is 2. The van der Waals surface area contributed by atoms with E-state index in [1.165, 1.54) is 29.2 Å². The second kappa shape index (κ2) is 7.29. The molecule has 0 radical (unpaired) electrons. The van der Waals surface area contributed by atoms with E-state index in [0.29, 0.717) is 5.69 Å². The zero-order chi connectivity index (χ0) is 17.9. The first-order valence-corrected chi connectivity index (χ1v) is 9.12. The number of rotatable bonds is 3. The number of likely N-dealkylation sites (tertiary alicyclic amines) is 1. The largest absolute Gasteiger partial charge is 0.334 e. The molecule has 0 aromatic heterocycles. The summed E-state index contributed by atoms with van der Waals surface area (Å²) in [7, 11) is -0.138.